The third kappa shape index (κ3) is 3.03. The Morgan fingerprint density at radius 2 is 1.95 bits per heavy atom. The van der Waals surface area contributed by atoms with Crippen LogP contribution in [-0.4, -0.2) is 38.9 Å². The van der Waals surface area contributed by atoms with Crippen molar-refractivity contribution in [2.24, 2.45) is 5.92 Å². The molecule has 0 radical (unpaired) electrons. The van der Waals surface area contributed by atoms with E-state index in [4.69, 9.17) is 10.5 Å². The van der Waals surface area contributed by atoms with Crippen molar-refractivity contribution in [3.05, 3.63) is 23.8 Å². The molecule has 0 atom stereocenters. The van der Waals surface area contributed by atoms with Gasteiger partial charge in [0.2, 0.25) is 10.0 Å². The van der Waals surface area contributed by atoms with Gasteiger partial charge in [-0.3, -0.25) is 4.79 Å². The molecule has 0 spiro atoms. The van der Waals surface area contributed by atoms with E-state index >= 15 is 0 Å². The smallest absolute Gasteiger partial charge is 0.308 e. The number of rotatable bonds is 3. The molecular formula is C14H20N2O4S. The van der Waals surface area contributed by atoms with Gasteiger partial charge >= 0.3 is 5.97 Å². The van der Waals surface area contributed by atoms with Gasteiger partial charge in [-0.1, -0.05) is 12.1 Å². The number of ether oxygens (including phenoxy) is 1. The second-order valence-corrected chi connectivity index (χ2v) is 7.07. The zero-order valence-electron chi connectivity index (χ0n) is 12.2. The first-order valence-corrected chi connectivity index (χ1v) is 8.25. The van der Waals surface area contributed by atoms with Gasteiger partial charge in [-0.2, -0.15) is 4.31 Å². The molecule has 6 nitrogen and oxygen atoms in total. The van der Waals surface area contributed by atoms with Crippen LogP contribution >= 0.6 is 0 Å². The van der Waals surface area contributed by atoms with E-state index in [2.05, 4.69) is 0 Å². The average molecular weight is 312 g/mol. The lowest BCUT2D eigenvalue weighted by Crippen LogP contribution is -2.40. The van der Waals surface area contributed by atoms with E-state index in [1.807, 2.05) is 0 Å². The van der Waals surface area contributed by atoms with Crippen molar-refractivity contribution >= 4 is 21.7 Å². The predicted molar refractivity (Wildman–Crippen MR) is 79.1 cm³/mol. The maximum absolute atomic E-state index is 12.7. The van der Waals surface area contributed by atoms with Crippen molar-refractivity contribution in [3.63, 3.8) is 0 Å². The number of methoxy groups -OCH3 is 1. The predicted octanol–water partition coefficient (Wildman–Crippen LogP) is 1.15. The maximum atomic E-state index is 12.7. The number of nitrogens with two attached hydrogens (primary N) is 1. The van der Waals surface area contributed by atoms with Gasteiger partial charge in [-0.25, -0.2) is 8.42 Å². The van der Waals surface area contributed by atoms with Crippen LogP contribution in [0.3, 0.4) is 0 Å². The molecule has 1 aliphatic rings. The minimum Gasteiger partial charge on any atom is -0.469 e. The molecule has 0 aliphatic carbocycles. The minimum absolute atomic E-state index is 0.168. The average Bonchev–Trinajstić information content (AvgIpc) is 2.46. The minimum atomic E-state index is -3.62. The van der Waals surface area contributed by atoms with Crippen LogP contribution in [0.4, 0.5) is 5.69 Å². The SMILES string of the molecule is COC(=O)C1CCN(S(=O)(=O)c2c(C)cccc2N)CC1. The van der Waals surface area contributed by atoms with Crippen LogP contribution in [0, 0.1) is 12.8 Å². The summed E-state index contributed by atoms with van der Waals surface area (Å²) in [5.74, 6) is -0.502. The first-order valence-electron chi connectivity index (χ1n) is 6.81. The van der Waals surface area contributed by atoms with Crippen molar-refractivity contribution in [2.45, 2.75) is 24.7 Å². The van der Waals surface area contributed by atoms with Crippen LogP contribution in [0.5, 0.6) is 0 Å². The van der Waals surface area contributed by atoms with Gasteiger partial charge in [0.05, 0.1) is 18.7 Å². The number of anilines is 1. The Morgan fingerprint density at radius 1 is 1.33 bits per heavy atom. The third-order valence-electron chi connectivity index (χ3n) is 3.83. The number of hydrogen-bond acceptors (Lipinski definition) is 5. The summed E-state index contributed by atoms with van der Waals surface area (Å²) in [6.45, 7) is 2.33. The van der Waals surface area contributed by atoms with E-state index < -0.39 is 10.0 Å². The van der Waals surface area contributed by atoms with Gasteiger partial charge in [0.1, 0.15) is 4.90 Å². The zero-order valence-corrected chi connectivity index (χ0v) is 13.0. The van der Waals surface area contributed by atoms with Crippen molar-refractivity contribution in [1.82, 2.24) is 4.31 Å². The van der Waals surface area contributed by atoms with Gasteiger partial charge in [0, 0.05) is 13.1 Å². The molecule has 0 unspecified atom stereocenters. The van der Waals surface area contributed by atoms with E-state index in [0.29, 0.717) is 31.5 Å². The highest BCUT2D eigenvalue weighted by molar-refractivity contribution is 7.89. The summed E-state index contributed by atoms with van der Waals surface area (Å²) in [5.41, 5.74) is 6.72. The summed E-state index contributed by atoms with van der Waals surface area (Å²) in [6.07, 6.45) is 0.940. The highest BCUT2D eigenvalue weighted by Crippen LogP contribution is 2.29. The Bertz CT molecular complexity index is 614. The van der Waals surface area contributed by atoms with E-state index in [9.17, 15) is 13.2 Å². The number of piperidine rings is 1. The number of aryl methyl sites for hydroxylation is 1. The summed E-state index contributed by atoms with van der Waals surface area (Å²) in [4.78, 5) is 11.7. The van der Waals surface area contributed by atoms with Crippen molar-refractivity contribution < 1.29 is 17.9 Å². The molecule has 2 rings (SSSR count). The molecule has 1 aromatic rings. The fourth-order valence-electron chi connectivity index (χ4n) is 2.66. The fourth-order valence-corrected chi connectivity index (χ4v) is 4.45. The van der Waals surface area contributed by atoms with Gasteiger partial charge in [-0.15, -0.1) is 0 Å². The van der Waals surface area contributed by atoms with E-state index in [1.54, 1.807) is 25.1 Å². The Morgan fingerprint density at radius 3 is 2.48 bits per heavy atom. The molecule has 1 fully saturated rings. The second-order valence-electron chi connectivity index (χ2n) is 5.19. The van der Waals surface area contributed by atoms with Gasteiger partial charge < -0.3 is 10.5 Å². The number of nitrogen functional groups attached to an aromatic ring is 1. The maximum Gasteiger partial charge on any atom is 0.308 e. The first kappa shape index (κ1) is 15.8. The van der Waals surface area contributed by atoms with Crippen LogP contribution in [0.1, 0.15) is 18.4 Å². The molecular weight excluding hydrogens is 292 g/mol. The number of carbonyl (C=O) groups is 1. The standard InChI is InChI=1S/C14H20N2O4S/c1-10-4-3-5-12(15)13(10)21(18,19)16-8-6-11(7-9-16)14(17)20-2/h3-5,11H,6-9,15H2,1-2H3. The van der Waals surface area contributed by atoms with Crippen molar-refractivity contribution in [3.8, 4) is 0 Å². The first-order chi connectivity index (χ1) is 9.87. The molecule has 1 heterocycles. The Balaban J connectivity index is 2.21. The van der Waals surface area contributed by atoms with E-state index in [0.717, 1.165) is 0 Å². The molecule has 0 saturated carbocycles. The highest BCUT2D eigenvalue weighted by Gasteiger charge is 2.34. The van der Waals surface area contributed by atoms with Crippen molar-refractivity contribution in [1.29, 1.82) is 0 Å². The summed E-state index contributed by atoms with van der Waals surface area (Å²) < 4.78 is 31.5. The molecule has 2 N–H and O–H groups in total. The Kier molecular flexibility index (Phi) is 4.53. The quantitative estimate of drug-likeness (QED) is 0.668. The number of carbonyl (C=O) groups excluding carboxylic acids is 1. The molecule has 1 aromatic carbocycles. The number of esters is 1. The molecule has 0 amide bonds. The fraction of sp³-hybridized carbons (Fsp3) is 0.500. The number of nitrogens with zero attached hydrogens (tertiary/aromatic N) is 1. The molecule has 1 aliphatic heterocycles. The molecule has 1 saturated heterocycles. The highest BCUT2D eigenvalue weighted by atomic mass is 32.2. The summed E-state index contributed by atoms with van der Waals surface area (Å²) in [5, 5.41) is 0. The van der Waals surface area contributed by atoms with E-state index in [1.165, 1.54) is 11.4 Å². The van der Waals surface area contributed by atoms with Crippen LogP contribution in [0.2, 0.25) is 0 Å². The van der Waals surface area contributed by atoms with Crippen LogP contribution in [0.25, 0.3) is 0 Å². The summed E-state index contributed by atoms with van der Waals surface area (Å²) in [6, 6.07) is 5.04. The summed E-state index contributed by atoms with van der Waals surface area (Å²) in [7, 11) is -2.28. The lowest BCUT2D eigenvalue weighted by molar-refractivity contribution is -0.146. The monoisotopic (exact) mass is 312 g/mol. The topological polar surface area (TPSA) is 89.7 Å². The second kappa shape index (κ2) is 6.03. The number of hydrogen-bond donors (Lipinski definition) is 1. The van der Waals surface area contributed by atoms with Crippen LogP contribution in [-0.2, 0) is 19.6 Å². The third-order valence-corrected chi connectivity index (χ3v) is 5.95. The van der Waals surface area contributed by atoms with Crippen LogP contribution in [0.15, 0.2) is 23.1 Å². The number of sulfonamides is 1. The molecule has 7 heteroatoms. The lowest BCUT2D eigenvalue weighted by Gasteiger charge is -2.30. The Labute approximate surface area is 124 Å². The normalized spacial score (nSPS) is 17.6. The largest absolute Gasteiger partial charge is 0.469 e. The molecule has 116 valence electrons. The van der Waals surface area contributed by atoms with Gasteiger partial charge in [0.15, 0.2) is 0 Å². The van der Waals surface area contributed by atoms with E-state index in [-0.39, 0.29) is 22.5 Å². The zero-order chi connectivity index (χ0) is 15.6. The van der Waals surface area contributed by atoms with Gasteiger partial charge in [0.25, 0.3) is 0 Å². The number of benzene rings is 1. The summed E-state index contributed by atoms with van der Waals surface area (Å²) >= 11 is 0. The van der Waals surface area contributed by atoms with Crippen molar-refractivity contribution in [2.75, 3.05) is 25.9 Å². The van der Waals surface area contributed by atoms with Gasteiger partial charge in [-0.05, 0) is 31.4 Å². The Hall–Kier alpha value is -1.60. The molecule has 21 heavy (non-hydrogen) atoms. The lowest BCUT2D eigenvalue weighted by atomic mass is 9.99. The molecule has 0 aromatic heterocycles. The molecule has 0 bridgehead atoms. The van der Waals surface area contributed by atoms with Crippen LogP contribution < -0.4 is 5.73 Å².